The van der Waals surface area contributed by atoms with E-state index in [9.17, 15) is 0 Å². The van der Waals surface area contributed by atoms with Crippen molar-refractivity contribution in [2.24, 2.45) is 0 Å². The Labute approximate surface area is 85.5 Å². The average molecular weight is 191 g/mol. The van der Waals surface area contributed by atoms with Gasteiger partial charge in [-0.1, -0.05) is 30.3 Å². The standard InChI is InChI=1S/C12H17NO/c1-11-9-13(7-8-14-11)10-12-5-3-2-4-6-12/h2-6,11H,7-10H2,1H3. The molecule has 1 aromatic rings. The van der Waals surface area contributed by atoms with Crippen molar-refractivity contribution in [1.82, 2.24) is 4.90 Å². The summed E-state index contributed by atoms with van der Waals surface area (Å²) in [5, 5.41) is 0. The molecule has 1 unspecified atom stereocenters. The molecule has 1 heterocycles. The van der Waals surface area contributed by atoms with Crippen LogP contribution in [0.2, 0.25) is 0 Å². The highest BCUT2D eigenvalue weighted by atomic mass is 16.5. The Morgan fingerprint density at radius 3 is 2.86 bits per heavy atom. The van der Waals surface area contributed by atoms with Gasteiger partial charge in [0.05, 0.1) is 12.7 Å². The second kappa shape index (κ2) is 4.58. The van der Waals surface area contributed by atoms with Crippen LogP contribution in [-0.4, -0.2) is 30.7 Å². The summed E-state index contributed by atoms with van der Waals surface area (Å²) >= 11 is 0. The summed E-state index contributed by atoms with van der Waals surface area (Å²) in [6.07, 6.45) is 0.382. The first-order valence-corrected chi connectivity index (χ1v) is 5.22. The summed E-state index contributed by atoms with van der Waals surface area (Å²) < 4.78 is 5.50. The van der Waals surface area contributed by atoms with Crippen molar-refractivity contribution in [3.8, 4) is 0 Å². The van der Waals surface area contributed by atoms with Gasteiger partial charge in [0.1, 0.15) is 0 Å². The third-order valence-corrected chi connectivity index (χ3v) is 2.57. The molecule has 14 heavy (non-hydrogen) atoms. The number of rotatable bonds is 2. The summed E-state index contributed by atoms with van der Waals surface area (Å²) in [6, 6.07) is 10.6. The number of ether oxygens (including phenoxy) is 1. The Kier molecular flexibility index (Phi) is 3.17. The highest BCUT2D eigenvalue weighted by molar-refractivity contribution is 5.14. The zero-order valence-corrected chi connectivity index (χ0v) is 8.65. The molecule has 2 heteroatoms. The van der Waals surface area contributed by atoms with Gasteiger partial charge < -0.3 is 4.74 Å². The first-order chi connectivity index (χ1) is 6.84. The average Bonchev–Trinajstić information content (AvgIpc) is 2.19. The van der Waals surface area contributed by atoms with Gasteiger partial charge in [0, 0.05) is 19.6 Å². The minimum absolute atomic E-state index is 0.382. The van der Waals surface area contributed by atoms with Gasteiger partial charge in [-0.25, -0.2) is 0 Å². The minimum atomic E-state index is 0.382. The van der Waals surface area contributed by atoms with E-state index >= 15 is 0 Å². The largest absolute Gasteiger partial charge is 0.376 e. The number of morpholine rings is 1. The molecule has 2 rings (SSSR count). The maximum Gasteiger partial charge on any atom is 0.0674 e. The molecule has 0 amide bonds. The molecule has 0 radical (unpaired) electrons. The molecule has 0 spiro atoms. The van der Waals surface area contributed by atoms with Crippen LogP contribution in [0.3, 0.4) is 0 Å². The van der Waals surface area contributed by atoms with E-state index in [4.69, 9.17) is 4.74 Å². The van der Waals surface area contributed by atoms with Crippen molar-refractivity contribution in [3.05, 3.63) is 35.9 Å². The smallest absolute Gasteiger partial charge is 0.0674 e. The van der Waals surface area contributed by atoms with Crippen LogP contribution < -0.4 is 0 Å². The summed E-state index contributed by atoms with van der Waals surface area (Å²) in [4.78, 5) is 2.45. The van der Waals surface area contributed by atoms with Crippen LogP contribution in [0.4, 0.5) is 0 Å². The van der Waals surface area contributed by atoms with Gasteiger partial charge in [-0.15, -0.1) is 0 Å². The van der Waals surface area contributed by atoms with E-state index in [2.05, 4.69) is 42.2 Å². The highest BCUT2D eigenvalue weighted by Gasteiger charge is 2.16. The van der Waals surface area contributed by atoms with Crippen molar-refractivity contribution >= 4 is 0 Å². The van der Waals surface area contributed by atoms with Gasteiger partial charge in [0.2, 0.25) is 0 Å². The molecule has 0 aromatic heterocycles. The first kappa shape index (κ1) is 9.69. The molecule has 0 aliphatic carbocycles. The van der Waals surface area contributed by atoms with E-state index in [-0.39, 0.29) is 0 Å². The van der Waals surface area contributed by atoms with Crippen molar-refractivity contribution in [3.63, 3.8) is 0 Å². The van der Waals surface area contributed by atoms with Crippen molar-refractivity contribution in [2.75, 3.05) is 19.7 Å². The minimum Gasteiger partial charge on any atom is -0.376 e. The topological polar surface area (TPSA) is 12.5 Å². The Morgan fingerprint density at radius 2 is 2.14 bits per heavy atom. The summed E-state index contributed by atoms with van der Waals surface area (Å²) in [5.74, 6) is 0. The van der Waals surface area contributed by atoms with E-state index in [1.807, 2.05) is 0 Å². The predicted molar refractivity (Wildman–Crippen MR) is 57.1 cm³/mol. The van der Waals surface area contributed by atoms with Crippen molar-refractivity contribution in [2.45, 2.75) is 19.6 Å². The van der Waals surface area contributed by atoms with Gasteiger partial charge in [-0.3, -0.25) is 4.90 Å². The molecule has 0 saturated carbocycles. The molecule has 1 fully saturated rings. The molecule has 1 aromatic carbocycles. The van der Waals surface area contributed by atoms with Crippen LogP contribution in [0.1, 0.15) is 12.5 Å². The van der Waals surface area contributed by atoms with Crippen LogP contribution in [0, 0.1) is 0 Å². The maximum absolute atomic E-state index is 5.50. The Balaban J connectivity index is 1.91. The summed E-state index contributed by atoms with van der Waals surface area (Å²) in [5.41, 5.74) is 1.39. The van der Waals surface area contributed by atoms with Crippen LogP contribution in [-0.2, 0) is 11.3 Å². The SMILES string of the molecule is CC1CN(Cc2ccccc2)CCO1. The Morgan fingerprint density at radius 1 is 1.36 bits per heavy atom. The van der Waals surface area contributed by atoms with Crippen molar-refractivity contribution in [1.29, 1.82) is 0 Å². The molecule has 1 atom stereocenters. The Hall–Kier alpha value is -0.860. The number of nitrogens with zero attached hydrogens (tertiary/aromatic N) is 1. The van der Waals surface area contributed by atoms with E-state index in [0.29, 0.717) is 6.10 Å². The van der Waals surface area contributed by atoms with Crippen molar-refractivity contribution < 1.29 is 4.74 Å². The van der Waals surface area contributed by atoms with Gasteiger partial charge in [0.15, 0.2) is 0 Å². The van der Waals surface area contributed by atoms with E-state index in [1.165, 1.54) is 5.56 Å². The number of hydrogen-bond donors (Lipinski definition) is 0. The zero-order chi connectivity index (χ0) is 9.80. The monoisotopic (exact) mass is 191 g/mol. The van der Waals surface area contributed by atoms with E-state index in [0.717, 1.165) is 26.2 Å². The molecule has 1 aliphatic rings. The normalized spacial score (nSPS) is 23.6. The van der Waals surface area contributed by atoms with Gasteiger partial charge in [0.25, 0.3) is 0 Å². The van der Waals surface area contributed by atoms with E-state index < -0.39 is 0 Å². The number of benzene rings is 1. The van der Waals surface area contributed by atoms with Crippen LogP contribution in [0.25, 0.3) is 0 Å². The molecule has 0 N–H and O–H groups in total. The zero-order valence-electron chi connectivity index (χ0n) is 8.65. The quantitative estimate of drug-likeness (QED) is 0.708. The predicted octanol–water partition coefficient (Wildman–Crippen LogP) is 1.91. The molecular weight excluding hydrogens is 174 g/mol. The van der Waals surface area contributed by atoms with Gasteiger partial charge in [-0.2, -0.15) is 0 Å². The second-order valence-electron chi connectivity index (χ2n) is 3.90. The first-order valence-electron chi connectivity index (χ1n) is 5.22. The fraction of sp³-hybridized carbons (Fsp3) is 0.500. The van der Waals surface area contributed by atoms with Crippen LogP contribution in [0.5, 0.6) is 0 Å². The molecular formula is C12H17NO. The second-order valence-corrected chi connectivity index (χ2v) is 3.90. The lowest BCUT2D eigenvalue weighted by atomic mass is 10.2. The lowest BCUT2D eigenvalue weighted by molar-refractivity contribution is -0.0212. The van der Waals surface area contributed by atoms with Crippen LogP contribution >= 0.6 is 0 Å². The highest BCUT2D eigenvalue weighted by Crippen LogP contribution is 2.09. The lowest BCUT2D eigenvalue weighted by Crippen LogP contribution is -2.40. The Bertz CT molecular complexity index is 273. The molecule has 2 nitrogen and oxygen atoms in total. The molecule has 76 valence electrons. The summed E-state index contributed by atoms with van der Waals surface area (Å²) in [6.45, 7) is 6.16. The van der Waals surface area contributed by atoms with Gasteiger partial charge in [-0.05, 0) is 12.5 Å². The third kappa shape index (κ3) is 2.56. The lowest BCUT2D eigenvalue weighted by Gasteiger charge is -2.31. The fourth-order valence-corrected chi connectivity index (χ4v) is 1.88. The molecule has 1 saturated heterocycles. The summed E-state index contributed by atoms with van der Waals surface area (Å²) in [7, 11) is 0. The van der Waals surface area contributed by atoms with Crippen LogP contribution in [0.15, 0.2) is 30.3 Å². The third-order valence-electron chi connectivity index (χ3n) is 2.57. The van der Waals surface area contributed by atoms with Gasteiger partial charge >= 0.3 is 0 Å². The maximum atomic E-state index is 5.50. The number of hydrogen-bond acceptors (Lipinski definition) is 2. The van der Waals surface area contributed by atoms with E-state index in [1.54, 1.807) is 0 Å². The molecule has 1 aliphatic heterocycles. The fourth-order valence-electron chi connectivity index (χ4n) is 1.88. The molecule has 0 bridgehead atoms.